The molecule has 1 aromatic heterocycles. The van der Waals surface area contributed by atoms with Crippen molar-refractivity contribution in [1.82, 2.24) is 0 Å². The van der Waals surface area contributed by atoms with Crippen LogP contribution in [0.2, 0.25) is 5.02 Å². The van der Waals surface area contributed by atoms with Crippen molar-refractivity contribution in [2.45, 2.75) is 31.8 Å². The number of hydrogen-bond donors (Lipinski definition) is 1. The Kier molecular flexibility index (Phi) is 2.54. The van der Waals surface area contributed by atoms with Crippen LogP contribution in [0.5, 0.6) is 0 Å². The van der Waals surface area contributed by atoms with E-state index in [1.165, 1.54) is 25.7 Å². The highest BCUT2D eigenvalue weighted by molar-refractivity contribution is 7.10. The molecule has 1 aromatic rings. The van der Waals surface area contributed by atoms with Gasteiger partial charge >= 0.3 is 0 Å². The van der Waals surface area contributed by atoms with E-state index >= 15 is 0 Å². The van der Waals surface area contributed by atoms with Crippen LogP contribution in [0.15, 0.2) is 11.4 Å². The minimum atomic E-state index is -0.312. The lowest BCUT2D eigenvalue weighted by molar-refractivity contribution is 0.0775. The van der Waals surface area contributed by atoms with Gasteiger partial charge in [-0.25, -0.2) is 0 Å². The van der Waals surface area contributed by atoms with E-state index in [9.17, 15) is 5.11 Å². The van der Waals surface area contributed by atoms with Gasteiger partial charge in [-0.05, 0) is 48.5 Å². The van der Waals surface area contributed by atoms with Crippen molar-refractivity contribution in [3.05, 3.63) is 21.3 Å². The van der Waals surface area contributed by atoms with Crippen LogP contribution in [0.4, 0.5) is 0 Å². The van der Waals surface area contributed by atoms with Crippen molar-refractivity contribution in [1.29, 1.82) is 0 Å². The Bertz CT molecular complexity index is 362. The normalized spacial score (nSPS) is 36.0. The molecule has 2 bridgehead atoms. The fourth-order valence-corrected chi connectivity index (χ4v) is 4.62. The number of thiophene rings is 1. The number of hydrogen-bond acceptors (Lipinski definition) is 2. The molecule has 0 radical (unpaired) electrons. The Morgan fingerprint density at radius 3 is 2.80 bits per heavy atom. The molecule has 3 heteroatoms. The van der Waals surface area contributed by atoms with Crippen molar-refractivity contribution in [3.8, 4) is 0 Å². The van der Waals surface area contributed by atoms with Crippen molar-refractivity contribution < 1.29 is 5.11 Å². The first-order chi connectivity index (χ1) is 7.25. The zero-order valence-electron chi connectivity index (χ0n) is 8.53. The Balaban J connectivity index is 1.81. The molecule has 0 amide bonds. The van der Waals surface area contributed by atoms with E-state index in [0.717, 1.165) is 21.7 Å². The SMILES string of the molecule is OC(c1sccc1Cl)C1CC2CCC1C2. The average molecular weight is 243 g/mol. The lowest BCUT2D eigenvalue weighted by Crippen LogP contribution is -2.18. The molecule has 2 aliphatic carbocycles. The summed E-state index contributed by atoms with van der Waals surface area (Å²) in [4.78, 5) is 0.981. The summed E-state index contributed by atoms with van der Waals surface area (Å²) in [6.45, 7) is 0. The maximum absolute atomic E-state index is 10.3. The summed E-state index contributed by atoms with van der Waals surface area (Å²) in [5.41, 5.74) is 0. The molecule has 0 spiro atoms. The lowest BCUT2D eigenvalue weighted by atomic mass is 9.84. The zero-order chi connectivity index (χ0) is 10.4. The molecule has 3 rings (SSSR count). The number of aliphatic hydroxyl groups excluding tert-OH is 1. The molecule has 0 saturated heterocycles. The molecular formula is C12H15ClOS. The molecular weight excluding hydrogens is 228 g/mol. The van der Waals surface area contributed by atoms with Gasteiger partial charge in [0.05, 0.1) is 16.0 Å². The van der Waals surface area contributed by atoms with Crippen LogP contribution < -0.4 is 0 Å². The van der Waals surface area contributed by atoms with Crippen molar-refractivity contribution in [2.24, 2.45) is 17.8 Å². The third-order valence-electron chi connectivity index (χ3n) is 4.11. The van der Waals surface area contributed by atoms with Gasteiger partial charge in [0.2, 0.25) is 0 Å². The zero-order valence-corrected chi connectivity index (χ0v) is 10.1. The number of halogens is 1. The maximum atomic E-state index is 10.3. The van der Waals surface area contributed by atoms with Crippen LogP contribution in [-0.2, 0) is 0 Å². The van der Waals surface area contributed by atoms with Crippen LogP contribution in [-0.4, -0.2) is 5.11 Å². The van der Waals surface area contributed by atoms with E-state index < -0.39 is 0 Å². The first-order valence-corrected chi connectivity index (χ1v) is 6.92. The van der Waals surface area contributed by atoms with Gasteiger partial charge in [0, 0.05) is 0 Å². The van der Waals surface area contributed by atoms with Gasteiger partial charge in [-0.3, -0.25) is 0 Å². The van der Waals surface area contributed by atoms with Gasteiger partial charge in [-0.2, -0.15) is 0 Å². The van der Waals surface area contributed by atoms with E-state index in [1.54, 1.807) is 11.3 Å². The lowest BCUT2D eigenvalue weighted by Gasteiger charge is -2.26. The second kappa shape index (κ2) is 3.76. The van der Waals surface area contributed by atoms with Gasteiger partial charge in [0.15, 0.2) is 0 Å². The van der Waals surface area contributed by atoms with Crippen LogP contribution in [0.1, 0.15) is 36.7 Å². The fraction of sp³-hybridized carbons (Fsp3) is 0.667. The van der Waals surface area contributed by atoms with Crippen molar-refractivity contribution >= 4 is 22.9 Å². The van der Waals surface area contributed by atoms with Crippen molar-refractivity contribution in [2.75, 3.05) is 0 Å². The number of rotatable bonds is 2. The summed E-state index contributed by atoms with van der Waals surface area (Å²) in [6, 6.07) is 1.89. The molecule has 82 valence electrons. The largest absolute Gasteiger partial charge is 0.387 e. The smallest absolute Gasteiger partial charge is 0.0927 e. The number of aliphatic hydroxyl groups is 1. The van der Waals surface area contributed by atoms with Crippen LogP contribution in [0.3, 0.4) is 0 Å². The summed E-state index contributed by atoms with van der Waals surface area (Å²) in [5.74, 6) is 2.11. The Morgan fingerprint density at radius 1 is 1.40 bits per heavy atom. The number of fused-ring (bicyclic) bond motifs is 2. The van der Waals surface area contributed by atoms with Gasteiger partial charge < -0.3 is 5.11 Å². The van der Waals surface area contributed by atoms with Crippen LogP contribution in [0, 0.1) is 17.8 Å². The highest BCUT2D eigenvalue weighted by atomic mass is 35.5. The van der Waals surface area contributed by atoms with Gasteiger partial charge in [0.25, 0.3) is 0 Å². The summed E-state index contributed by atoms with van der Waals surface area (Å²) >= 11 is 7.66. The van der Waals surface area contributed by atoms with E-state index in [0.29, 0.717) is 5.92 Å². The van der Waals surface area contributed by atoms with E-state index in [-0.39, 0.29) is 6.10 Å². The molecule has 4 atom stereocenters. The Hall–Kier alpha value is -0.0500. The first-order valence-electron chi connectivity index (χ1n) is 5.66. The van der Waals surface area contributed by atoms with E-state index in [2.05, 4.69) is 0 Å². The predicted octanol–water partition coefficient (Wildman–Crippen LogP) is 3.87. The molecule has 2 fully saturated rings. The second-order valence-corrected chi connectivity index (χ2v) is 6.27. The van der Waals surface area contributed by atoms with Crippen LogP contribution in [0.25, 0.3) is 0 Å². The molecule has 4 unspecified atom stereocenters. The van der Waals surface area contributed by atoms with Crippen LogP contribution >= 0.6 is 22.9 Å². The molecule has 1 heterocycles. The molecule has 15 heavy (non-hydrogen) atoms. The Morgan fingerprint density at radius 2 is 2.27 bits per heavy atom. The molecule has 1 nitrogen and oxygen atoms in total. The quantitative estimate of drug-likeness (QED) is 0.835. The minimum Gasteiger partial charge on any atom is -0.387 e. The molecule has 1 N–H and O–H groups in total. The molecule has 0 aromatic carbocycles. The summed E-state index contributed by atoms with van der Waals surface area (Å²) < 4.78 is 0. The van der Waals surface area contributed by atoms with Gasteiger partial charge in [-0.1, -0.05) is 18.0 Å². The highest BCUT2D eigenvalue weighted by Gasteiger charge is 2.43. The minimum absolute atomic E-state index is 0.312. The first kappa shape index (κ1) is 10.1. The van der Waals surface area contributed by atoms with Crippen molar-refractivity contribution in [3.63, 3.8) is 0 Å². The second-order valence-electron chi connectivity index (χ2n) is 4.92. The van der Waals surface area contributed by atoms with Gasteiger partial charge in [0.1, 0.15) is 0 Å². The topological polar surface area (TPSA) is 20.2 Å². The van der Waals surface area contributed by atoms with E-state index in [4.69, 9.17) is 11.6 Å². The van der Waals surface area contributed by atoms with E-state index in [1.807, 2.05) is 11.4 Å². The fourth-order valence-electron chi connectivity index (χ4n) is 3.39. The summed E-state index contributed by atoms with van der Waals surface area (Å²) in [7, 11) is 0. The Labute approximate surface area is 99.1 Å². The average Bonchev–Trinajstić information content (AvgIpc) is 2.91. The predicted molar refractivity (Wildman–Crippen MR) is 63.2 cm³/mol. The summed E-state index contributed by atoms with van der Waals surface area (Å²) in [5, 5.41) is 13.1. The summed E-state index contributed by atoms with van der Waals surface area (Å²) in [6.07, 6.45) is 4.93. The highest BCUT2D eigenvalue weighted by Crippen LogP contribution is 2.53. The maximum Gasteiger partial charge on any atom is 0.0927 e. The monoisotopic (exact) mass is 242 g/mol. The third-order valence-corrected chi connectivity index (χ3v) is 5.54. The standard InChI is InChI=1S/C12H15ClOS/c13-10-3-4-15-12(10)11(14)9-6-7-1-2-8(9)5-7/h3-4,7-9,11,14H,1-2,5-6H2. The third kappa shape index (κ3) is 1.63. The molecule has 0 aliphatic heterocycles. The van der Waals surface area contributed by atoms with Gasteiger partial charge in [-0.15, -0.1) is 11.3 Å². The molecule has 2 aliphatic rings. The molecule has 2 saturated carbocycles.